The second-order valence-corrected chi connectivity index (χ2v) is 11.4. The SMILES string of the molecule is COc1cc(N(OC)C(=O)c2ccc(Nc3nc(N4C[C@H](N)C[C@H](N)C4)nc(N4C[C@H](N)C[C@H](N)C4)n3)cc2O)ccc1Cl. The number of halogens is 1. The van der Waals surface area contributed by atoms with Crippen LogP contribution in [0.1, 0.15) is 23.2 Å². The average Bonchev–Trinajstić information content (AvgIpc) is 2.97. The zero-order chi connectivity index (χ0) is 31.5. The number of ether oxygens (including phenoxy) is 1. The van der Waals surface area contributed by atoms with E-state index in [1.54, 1.807) is 24.3 Å². The third kappa shape index (κ3) is 7.04. The predicted octanol–water partition coefficient (Wildman–Crippen LogP) is 0.920. The second kappa shape index (κ2) is 13.3. The van der Waals surface area contributed by atoms with Crippen molar-refractivity contribution in [1.29, 1.82) is 0 Å². The highest BCUT2D eigenvalue weighted by Gasteiger charge is 2.29. The molecule has 16 heteroatoms. The molecule has 3 heterocycles. The summed E-state index contributed by atoms with van der Waals surface area (Å²) in [5, 5.41) is 15.4. The molecule has 4 atom stereocenters. The quantitative estimate of drug-likeness (QED) is 0.191. The summed E-state index contributed by atoms with van der Waals surface area (Å²) in [5.74, 6) is 0.484. The summed E-state index contributed by atoms with van der Waals surface area (Å²) in [4.78, 5) is 36.6. The lowest BCUT2D eigenvalue weighted by molar-refractivity contribution is 0.0770. The minimum atomic E-state index is -0.610. The molecule has 2 aliphatic rings. The Kier molecular flexibility index (Phi) is 9.53. The van der Waals surface area contributed by atoms with E-state index in [1.165, 1.54) is 26.4 Å². The number of hydrogen-bond donors (Lipinski definition) is 6. The van der Waals surface area contributed by atoms with Crippen LogP contribution < -0.4 is 47.9 Å². The van der Waals surface area contributed by atoms with Gasteiger partial charge in [0.25, 0.3) is 5.91 Å². The number of nitrogens with zero attached hydrogens (tertiary/aromatic N) is 6. The molecule has 1 aromatic heterocycles. The molecule has 2 saturated heterocycles. The van der Waals surface area contributed by atoms with Crippen LogP contribution in [0.15, 0.2) is 36.4 Å². The van der Waals surface area contributed by atoms with E-state index >= 15 is 0 Å². The van der Waals surface area contributed by atoms with Gasteiger partial charge in [0.15, 0.2) is 0 Å². The van der Waals surface area contributed by atoms with E-state index in [2.05, 4.69) is 15.3 Å². The third-order valence-electron chi connectivity index (χ3n) is 7.43. The molecule has 0 unspecified atom stereocenters. The summed E-state index contributed by atoms with van der Waals surface area (Å²) in [6.45, 7) is 2.12. The number of nitrogens with two attached hydrogens (primary N) is 4. The second-order valence-electron chi connectivity index (χ2n) is 11.0. The molecule has 3 aromatic rings. The number of rotatable bonds is 8. The van der Waals surface area contributed by atoms with Crippen molar-refractivity contribution in [1.82, 2.24) is 15.0 Å². The maximum atomic E-state index is 13.4. The molecule has 0 radical (unpaired) electrons. The first kappa shape index (κ1) is 31.4. The summed E-state index contributed by atoms with van der Waals surface area (Å²) in [6, 6.07) is 8.69. The number of anilines is 5. The molecule has 2 aliphatic heterocycles. The Morgan fingerprint density at radius 1 is 0.909 bits per heavy atom. The normalized spacial score (nSPS) is 22.1. The van der Waals surface area contributed by atoms with Crippen LogP contribution in [0, 0.1) is 0 Å². The number of methoxy groups -OCH3 is 1. The minimum Gasteiger partial charge on any atom is -0.507 e. The summed E-state index contributed by atoms with van der Waals surface area (Å²) < 4.78 is 5.25. The Morgan fingerprint density at radius 3 is 1.98 bits per heavy atom. The van der Waals surface area contributed by atoms with Crippen molar-refractivity contribution < 1.29 is 19.5 Å². The van der Waals surface area contributed by atoms with Gasteiger partial charge in [-0.25, -0.2) is 0 Å². The first-order valence-electron chi connectivity index (χ1n) is 14.1. The number of aromatic nitrogens is 3. The van der Waals surface area contributed by atoms with Crippen molar-refractivity contribution in [3.63, 3.8) is 0 Å². The van der Waals surface area contributed by atoms with Gasteiger partial charge in [0.2, 0.25) is 17.8 Å². The average molecular weight is 628 g/mol. The first-order valence-corrected chi connectivity index (χ1v) is 14.5. The van der Waals surface area contributed by atoms with Crippen molar-refractivity contribution in [2.75, 3.05) is 60.6 Å². The number of carbonyl (C=O) groups excluding carboxylic acids is 1. The number of nitrogens with one attached hydrogen (secondary N) is 1. The van der Waals surface area contributed by atoms with Crippen LogP contribution in [0.2, 0.25) is 5.02 Å². The Hall–Kier alpha value is -3.99. The highest BCUT2D eigenvalue weighted by Crippen LogP contribution is 2.32. The smallest absolute Gasteiger partial charge is 0.285 e. The number of piperidine rings is 2. The molecule has 15 nitrogen and oxygen atoms in total. The lowest BCUT2D eigenvalue weighted by atomic mass is 10.0. The van der Waals surface area contributed by atoms with Gasteiger partial charge in [-0.1, -0.05) is 11.6 Å². The molecule has 5 rings (SSSR count). The van der Waals surface area contributed by atoms with E-state index in [0.29, 0.717) is 73.1 Å². The number of phenols is 1. The fraction of sp³-hybridized carbons (Fsp3) is 0.429. The number of amides is 1. The lowest BCUT2D eigenvalue weighted by Gasteiger charge is -2.37. The van der Waals surface area contributed by atoms with Gasteiger partial charge in [-0.2, -0.15) is 20.0 Å². The first-order chi connectivity index (χ1) is 21.0. The van der Waals surface area contributed by atoms with E-state index in [4.69, 9.17) is 49.1 Å². The molecular weight excluding hydrogens is 590 g/mol. The molecule has 0 spiro atoms. The summed E-state index contributed by atoms with van der Waals surface area (Å²) in [6.07, 6.45) is 1.40. The monoisotopic (exact) mass is 627 g/mol. The number of phenolic OH excluding ortho intramolecular Hbond substituents is 1. The van der Waals surface area contributed by atoms with Crippen LogP contribution in [0.3, 0.4) is 0 Å². The largest absolute Gasteiger partial charge is 0.507 e. The molecule has 0 saturated carbocycles. The molecule has 0 bridgehead atoms. The van der Waals surface area contributed by atoms with Gasteiger partial charge >= 0.3 is 0 Å². The van der Waals surface area contributed by atoms with E-state index < -0.39 is 5.91 Å². The molecule has 10 N–H and O–H groups in total. The van der Waals surface area contributed by atoms with Crippen LogP contribution in [-0.4, -0.2) is 90.5 Å². The van der Waals surface area contributed by atoms with E-state index in [-0.39, 0.29) is 41.4 Å². The van der Waals surface area contributed by atoms with Crippen LogP contribution in [0.25, 0.3) is 0 Å². The van der Waals surface area contributed by atoms with Gasteiger partial charge in [-0.05, 0) is 37.1 Å². The number of benzene rings is 2. The van der Waals surface area contributed by atoms with Crippen LogP contribution in [-0.2, 0) is 4.84 Å². The number of aromatic hydroxyl groups is 1. The van der Waals surface area contributed by atoms with Gasteiger partial charge in [0.05, 0.1) is 30.5 Å². The van der Waals surface area contributed by atoms with Crippen molar-refractivity contribution in [3.05, 3.63) is 47.0 Å². The van der Waals surface area contributed by atoms with E-state index in [9.17, 15) is 9.90 Å². The minimum absolute atomic E-state index is 0.00377. The van der Waals surface area contributed by atoms with Gasteiger partial charge in [-0.15, -0.1) is 0 Å². The molecule has 2 aromatic carbocycles. The topological polar surface area (TPSA) is 220 Å². The van der Waals surface area contributed by atoms with Crippen molar-refractivity contribution in [2.24, 2.45) is 22.9 Å². The van der Waals surface area contributed by atoms with E-state index in [1.807, 2.05) is 9.80 Å². The summed E-state index contributed by atoms with van der Waals surface area (Å²) in [7, 11) is 2.80. The number of hydroxylamine groups is 1. The lowest BCUT2D eigenvalue weighted by Crippen LogP contribution is -2.54. The molecule has 1 amide bonds. The van der Waals surface area contributed by atoms with Crippen LogP contribution in [0.5, 0.6) is 11.5 Å². The van der Waals surface area contributed by atoms with Crippen molar-refractivity contribution >= 4 is 46.7 Å². The van der Waals surface area contributed by atoms with Crippen LogP contribution >= 0.6 is 11.6 Å². The van der Waals surface area contributed by atoms with Gasteiger partial charge in [0.1, 0.15) is 11.5 Å². The number of carbonyl (C=O) groups is 1. The molecule has 236 valence electrons. The Balaban J connectivity index is 1.42. The highest BCUT2D eigenvalue weighted by atomic mass is 35.5. The molecular formula is C28H38ClN11O4. The molecule has 0 aliphatic carbocycles. The fourth-order valence-electron chi connectivity index (χ4n) is 5.49. The third-order valence-corrected chi connectivity index (χ3v) is 7.74. The Labute approximate surface area is 260 Å². The zero-order valence-electron chi connectivity index (χ0n) is 24.6. The van der Waals surface area contributed by atoms with Gasteiger partial charge in [0, 0.05) is 68.2 Å². The summed E-state index contributed by atoms with van der Waals surface area (Å²) >= 11 is 6.13. The maximum absolute atomic E-state index is 13.4. The Morgan fingerprint density at radius 2 is 1.48 bits per heavy atom. The fourth-order valence-corrected chi connectivity index (χ4v) is 5.68. The van der Waals surface area contributed by atoms with Crippen molar-refractivity contribution in [2.45, 2.75) is 37.0 Å². The van der Waals surface area contributed by atoms with Gasteiger partial charge < -0.3 is 47.9 Å². The summed E-state index contributed by atoms with van der Waals surface area (Å²) in [5.41, 5.74) is 25.8. The van der Waals surface area contributed by atoms with E-state index in [0.717, 1.165) is 5.06 Å². The molecule has 2 fully saturated rings. The zero-order valence-corrected chi connectivity index (χ0v) is 25.3. The standard InChI is InChI=1S/C28H38ClN11O4/c1-43-24-10-20(4-6-22(24)29)40(44-2)25(42)21-5-3-19(9-23(21)41)34-26-35-27(38-11-15(30)7-16(31)12-38)37-28(36-26)39-13-17(32)8-18(33)14-39/h3-6,9-10,15-18,41H,7-8,11-14,30-33H2,1-2H3,(H,34,35,36,37)/t15-,16+,17-,18+. The maximum Gasteiger partial charge on any atom is 0.285 e. The van der Waals surface area contributed by atoms with Crippen molar-refractivity contribution in [3.8, 4) is 11.5 Å². The van der Waals surface area contributed by atoms with Crippen LogP contribution in [0.4, 0.5) is 29.2 Å². The number of hydrogen-bond acceptors (Lipinski definition) is 14. The van der Waals surface area contributed by atoms with Gasteiger partial charge in [-0.3, -0.25) is 9.63 Å². The molecule has 44 heavy (non-hydrogen) atoms. The predicted molar refractivity (Wildman–Crippen MR) is 169 cm³/mol. The highest BCUT2D eigenvalue weighted by molar-refractivity contribution is 6.32. The Bertz CT molecular complexity index is 1430.